The van der Waals surface area contributed by atoms with E-state index >= 15 is 0 Å². The highest BCUT2D eigenvalue weighted by molar-refractivity contribution is 5.84. The highest BCUT2D eigenvalue weighted by atomic mass is 16.6. The number of rotatable bonds is 6. The van der Waals surface area contributed by atoms with Crippen LogP contribution in [0.3, 0.4) is 0 Å². The Balaban J connectivity index is 1.17. The molecule has 1 aliphatic carbocycles. The van der Waals surface area contributed by atoms with E-state index in [2.05, 4.69) is 71.9 Å². The van der Waals surface area contributed by atoms with Crippen LogP contribution in [0.5, 0.6) is 11.5 Å². The van der Waals surface area contributed by atoms with Crippen molar-refractivity contribution in [1.82, 2.24) is 0 Å². The Hall–Kier alpha value is -5.04. The minimum Gasteiger partial charge on any atom is -0.475 e. The van der Waals surface area contributed by atoms with Gasteiger partial charge in [0.15, 0.2) is 5.88 Å². The second kappa shape index (κ2) is 10.0. The minimum atomic E-state index is -0.411. The molecular weight excluding hydrogens is 550 g/mol. The fourth-order valence-electron chi connectivity index (χ4n) is 7.79. The summed E-state index contributed by atoms with van der Waals surface area (Å²) in [6.07, 6.45) is 5.24. The maximum absolute atomic E-state index is 11.0. The number of benzene rings is 4. The van der Waals surface area contributed by atoms with E-state index in [1.165, 1.54) is 52.1 Å². The van der Waals surface area contributed by atoms with Crippen LogP contribution in [0.2, 0.25) is 0 Å². The zero-order valence-electron chi connectivity index (χ0n) is 24.5. The van der Waals surface area contributed by atoms with Crippen molar-refractivity contribution in [3.05, 3.63) is 141 Å². The summed E-state index contributed by atoms with van der Waals surface area (Å²) in [7, 11) is 0. The van der Waals surface area contributed by atoms with Gasteiger partial charge < -0.3 is 19.7 Å². The number of nitrogens with zero attached hydrogens (tertiary/aromatic N) is 2. The average Bonchev–Trinajstić information content (AvgIpc) is 3.33. The molecule has 1 atom stereocenters. The molecule has 0 aromatic heterocycles. The van der Waals surface area contributed by atoms with Crippen LogP contribution in [0.4, 0.5) is 17.1 Å². The number of aryl methyl sites for hydroxylation is 1. The van der Waals surface area contributed by atoms with Gasteiger partial charge >= 0.3 is 0 Å². The third kappa shape index (κ3) is 4.03. The summed E-state index contributed by atoms with van der Waals surface area (Å²) in [5.41, 5.74) is 11.6. The SMILES string of the molecule is C=C(Nc1ccc2c(c1)Oc1c(cc3c4c1CCCN4CCC3)C21CC(=C)c2ccccc21)OCc1ccc([N+](=O)[O-])cc1. The molecule has 1 N–H and O–H groups in total. The third-order valence-corrected chi connectivity index (χ3v) is 9.68. The molecule has 3 aliphatic heterocycles. The number of anilines is 2. The Morgan fingerprint density at radius 1 is 1.00 bits per heavy atom. The number of allylic oxidation sites excluding steroid dienone is 1. The molecule has 1 spiro atoms. The van der Waals surface area contributed by atoms with Gasteiger partial charge in [-0.15, -0.1) is 0 Å². The van der Waals surface area contributed by atoms with Gasteiger partial charge in [0.25, 0.3) is 5.69 Å². The van der Waals surface area contributed by atoms with Crippen LogP contribution in [0.1, 0.15) is 58.2 Å². The van der Waals surface area contributed by atoms with Gasteiger partial charge in [-0.2, -0.15) is 0 Å². The first-order valence-corrected chi connectivity index (χ1v) is 15.3. The molecule has 7 heteroatoms. The maximum atomic E-state index is 11.0. The number of hydrogen-bond acceptors (Lipinski definition) is 6. The number of ether oxygens (including phenoxy) is 2. The van der Waals surface area contributed by atoms with Crippen molar-refractivity contribution in [3.8, 4) is 11.5 Å². The standard InChI is InChI=1S/C37H33N3O4/c1-23-21-37(31-10-4-3-8-29(23)31)32-16-13-27(38-24(2)43-22-25-11-14-28(15-12-25)40(41)42)20-34(32)44-36-30-9-6-18-39-17-5-7-26(35(30)39)19-33(36)37/h3-4,8,10-16,19-20,38H,1-2,5-7,9,17-18,21-22H2. The van der Waals surface area contributed by atoms with Gasteiger partial charge in [-0.3, -0.25) is 10.1 Å². The van der Waals surface area contributed by atoms with Crippen molar-refractivity contribution in [3.63, 3.8) is 0 Å². The van der Waals surface area contributed by atoms with E-state index < -0.39 is 4.92 Å². The topological polar surface area (TPSA) is 76.9 Å². The molecule has 1 unspecified atom stereocenters. The molecule has 4 aliphatic rings. The van der Waals surface area contributed by atoms with Crippen molar-refractivity contribution in [1.29, 1.82) is 0 Å². The molecule has 3 heterocycles. The Morgan fingerprint density at radius 3 is 2.61 bits per heavy atom. The molecule has 8 rings (SSSR count). The molecule has 4 aromatic carbocycles. The largest absolute Gasteiger partial charge is 0.475 e. The highest BCUT2D eigenvalue weighted by Crippen LogP contribution is 2.62. The minimum absolute atomic E-state index is 0.0509. The highest BCUT2D eigenvalue weighted by Gasteiger charge is 2.50. The number of nitro benzene ring substituents is 1. The van der Waals surface area contributed by atoms with Crippen LogP contribution in [0, 0.1) is 10.1 Å². The van der Waals surface area contributed by atoms with Gasteiger partial charge in [-0.05, 0) is 90.8 Å². The molecule has 7 nitrogen and oxygen atoms in total. The molecule has 0 saturated heterocycles. The molecule has 220 valence electrons. The zero-order valence-corrected chi connectivity index (χ0v) is 24.5. The fourth-order valence-corrected chi connectivity index (χ4v) is 7.79. The summed E-state index contributed by atoms with van der Waals surface area (Å²) in [4.78, 5) is 13.1. The number of hydrogen-bond donors (Lipinski definition) is 1. The van der Waals surface area contributed by atoms with Crippen LogP contribution in [0.15, 0.2) is 91.8 Å². The lowest BCUT2D eigenvalue weighted by molar-refractivity contribution is -0.384. The average molecular weight is 584 g/mol. The molecule has 0 radical (unpaired) electrons. The van der Waals surface area contributed by atoms with Crippen molar-refractivity contribution in [2.45, 2.75) is 44.1 Å². The molecular formula is C37H33N3O4. The van der Waals surface area contributed by atoms with Crippen molar-refractivity contribution in [2.24, 2.45) is 0 Å². The van der Waals surface area contributed by atoms with Crippen LogP contribution in [-0.4, -0.2) is 18.0 Å². The first-order chi connectivity index (χ1) is 21.4. The Bertz CT molecular complexity index is 1880. The predicted octanol–water partition coefficient (Wildman–Crippen LogP) is 8.25. The third-order valence-electron chi connectivity index (χ3n) is 9.68. The Labute approximate surface area is 256 Å². The van der Waals surface area contributed by atoms with E-state index in [0.29, 0.717) is 5.88 Å². The monoisotopic (exact) mass is 583 g/mol. The van der Waals surface area contributed by atoms with E-state index in [4.69, 9.17) is 9.47 Å². The van der Waals surface area contributed by atoms with Gasteiger partial charge in [-0.1, -0.05) is 36.9 Å². The van der Waals surface area contributed by atoms with E-state index in [1.54, 1.807) is 12.1 Å². The molecule has 4 aromatic rings. The second-order valence-corrected chi connectivity index (χ2v) is 12.2. The zero-order chi connectivity index (χ0) is 30.0. The summed E-state index contributed by atoms with van der Waals surface area (Å²) in [6.45, 7) is 11.1. The lowest BCUT2D eigenvalue weighted by Crippen LogP contribution is -2.37. The van der Waals surface area contributed by atoms with Crippen LogP contribution < -0.4 is 15.0 Å². The van der Waals surface area contributed by atoms with Crippen LogP contribution in [-0.2, 0) is 29.6 Å². The smallest absolute Gasteiger partial charge is 0.269 e. The first kappa shape index (κ1) is 26.6. The number of nitro groups is 1. The van der Waals surface area contributed by atoms with Gasteiger partial charge in [0, 0.05) is 59.4 Å². The molecule has 0 saturated carbocycles. The summed E-state index contributed by atoms with van der Waals surface area (Å²) in [5, 5.41) is 14.2. The quantitative estimate of drug-likeness (QED) is 0.140. The van der Waals surface area contributed by atoms with Gasteiger partial charge in [0.2, 0.25) is 0 Å². The molecule has 44 heavy (non-hydrogen) atoms. The lowest BCUT2D eigenvalue weighted by atomic mass is 9.67. The number of fused-ring (bicyclic) bond motifs is 7. The Morgan fingerprint density at radius 2 is 1.80 bits per heavy atom. The van der Waals surface area contributed by atoms with Crippen LogP contribution >= 0.6 is 0 Å². The van der Waals surface area contributed by atoms with Crippen molar-refractivity contribution < 1.29 is 14.4 Å². The van der Waals surface area contributed by atoms with Gasteiger partial charge in [-0.25, -0.2) is 0 Å². The van der Waals surface area contributed by atoms with E-state index in [1.807, 2.05) is 0 Å². The van der Waals surface area contributed by atoms with Crippen LogP contribution in [0.25, 0.3) is 5.57 Å². The fraction of sp³-hybridized carbons (Fsp3) is 0.243. The molecule has 0 bridgehead atoms. The van der Waals surface area contributed by atoms with E-state index in [-0.39, 0.29) is 17.7 Å². The molecule has 0 amide bonds. The van der Waals surface area contributed by atoms with Gasteiger partial charge in [0.05, 0.1) is 10.3 Å². The van der Waals surface area contributed by atoms with E-state index in [0.717, 1.165) is 72.7 Å². The normalized spacial score (nSPS) is 18.9. The predicted molar refractivity (Wildman–Crippen MR) is 172 cm³/mol. The summed E-state index contributed by atoms with van der Waals surface area (Å²) in [6, 6.07) is 23.8. The Kier molecular flexibility index (Phi) is 6.05. The molecule has 0 fully saturated rings. The maximum Gasteiger partial charge on any atom is 0.269 e. The first-order valence-electron chi connectivity index (χ1n) is 15.3. The van der Waals surface area contributed by atoms with Gasteiger partial charge in [0.1, 0.15) is 18.1 Å². The van der Waals surface area contributed by atoms with Crippen molar-refractivity contribution >= 4 is 22.6 Å². The summed E-state index contributed by atoms with van der Waals surface area (Å²) >= 11 is 0. The summed E-state index contributed by atoms with van der Waals surface area (Å²) < 4.78 is 12.8. The second-order valence-electron chi connectivity index (χ2n) is 12.2. The van der Waals surface area contributed by atoms with E-state index in [9.17, 15) is 10.1 Å². The number of nitrogens with one attached hydrogen (secondary N) is 1. The number of non-ortho nitro benzene ring substituents is 1. The lowest BCUT2D eigenvalue weighted by Gasteiger charge is -2.44. The van der Waals surface area contributed by atoms with Crippen molar-refractivity contribution in [2.75, 3.05) is 23.3 Å². The summed E-state index contributed by atoms with van der Waals surface area (Å²) in [5.74, 6) is 2.23.